The zero-order valence-electron chi connectivity index (χ0n) is 15.0. The molecule has 0 spiro atoms. The second-order valence-corrected chi connectivity index (χ2v) is 7.57. The van der Waals surface area contributed by atoms with Crippen LogP contribution in [0.5, 0.6) is 0 Å². The summed E-state index contributed by atoms with van der Waals surface area (Å²) in [6, 6.07) is 16.4. The number of likely N-dealkylation sites (N-methyl/N-ethyl adjacent to an activating group) is 1. The number of thiophene rings is 1. The molecule has 0 aliphatic carbocycles. The quantitative estimate of drug-likeness (QED) is 0.750. The van der Waals surface area contributed by atoms with Crippen LogP contribution in [-0.2, 0) is 4.79 Å². The number of carbonyl (C=O) groups is 2. The van der Waals surface area contributed by atoms with E-state index in [1.807, 2.05) is 54.8 Å². The van der Waals surface area contributed by atoms with Gasteiger partial charge in [0.25, 0.3) is 5.91 Å². The molecule has 0 saturated carbocycles. The van der Waals surface area contributed by atoms with Gasteiger partial charge in [-0.05, 0) is 42.1 Å². The van der Waals surface area contributed by atoms with E-state index in [2.05, 4.69) is 10.3 Å². The molecule has 1 N–H and O–H groups in total. The largest absolute Gasteiger partial charge is 0.333 e. The maximum Gasteiger partial charge on any atom is 0.254 e. The van der Waals surface area contributed by atoms with Crippen molar-refractivity contribution >= 4 is 29.0 Å². The molecular weight excluding hydrogens is 358 g/mol. The van der Waals surface area contributed by atoms with E-state index >= 15 is 0 Å². The summed E-state index contributed by atoms with van der Waals surface area (Å²) < 4.78 is 0. The summed E-state index contributed by atoms with van der Waals surface area (Å²) in [5.41, 5.74) is 2.16. The monoisotopic (exact) mass is 377 g/mol. The van der Waals surface area contributed by atoms with Crippen LogP contribution in [-0.4, -0.2) is 28.7 Å². The molecule has 0 bridgehead atoms. The van der Waals surface area contributed by atoms with Gasteiger partial charge in [0, 0.05) is 23.2 Å². The first-order chi connectivity index (χ1) is 13.1. The smallest absolute Gasteiger partial charge is 0.254 e. The van der Waals surface area contributed by atoms with Crippen molar-refractivity contribution in [3.05, 3.63) is 81.7 Å². The second kappa shape index (κ2) is 6.96. The number of fused-ring (bicyclic) bond motifs is 1. The maximum atomic E-state index is 13.3. The maximum absolute atomic E-state index is 13.3. The molecule has 1 aliphatic heterocycles. The topological polar surface area (TPSA) is 62.3 Å². The molecule has 0 radical (unpaired) electrons. The van der Waals surface area contributed by atoms with Crippen LogP contribution in [0.3, 0.4) is 0 Å². The average Bonchev–Trinajstić information content (AvgIpc) is 3.18. The van der Waals surface area contributed by atoms with Crippen molar-refractivity contribution in [3.63, 3.8) is 0 Å². The number of anilines is 1. The third-order valence-electron chi connectivity index (χ3n) is 4.84. The van der Waals surface area contributed by atoms with Gasteiger partial charge in [-0.3, -0.25) is 9.59 Å². The first-order valence-electron chi connectivity index (χ1n) is 8.70. The van der Waals surface area contributed by atoms with E-state index in [1.165, 1.54) is 0 Å². The van der Waals surface area contributed by atoms with Gasteiger partial charge in [-0.25, -0.2) is 4.98 Å². The first kappa shape index (κ1) is 17.4. The molecule has 1 aliphatic rings. The minimum absolute atomic E-state index is 0.0678. The van der Waals surface area contributed by atoms with Gasteiger partial charge in [0.05, 0.1) is 12.0 Å². The molecule has 27 heavy (non-hydrogen) atoms. The summed E-state index contributed by atoms with van der Waals surface area (Å²) in [6.07, 6.45) is 0. The Morgan fingerprint density at radius 1 is 1.11 bits per heavy atom. The lowest BCUT2D eigenvalue weighted by Crippen LogP contribution is -2.43. The van der Waals surface area contributed by atoms with Crippen LogP contribution < -0.4 is 5.32 Å². The third kappa shape index (κ3) is 3.13. The number of nitrogens with zero attached hydrogens (tertiary/aromatic N) is 2. The molecule has 2 atom stereocenters. The highest BCUT2D eigenvalue weighted by molar-refractivity contribution is 7.10. The molecule has 2 unspecified atom stereocenters. The van der Waals surface area contributed by atoms with Crippen LogP contribution in [0.15, 0.2) is 60.0 Å². The molecule has 6 heteroatoms. The lowest BCUT2D eigenvalue weighted by molar-refractivity contribution is -0.119. The van der Waals surface area contributed by atoms with Gasteiger partial charge in [-0.2, -0.15) is 0 Å². The fourth-order valence-electron chi connectivity index (χ4n) is 3.59. The van der Waals surface area contributed by atoms with Gasteiger partial charge >= 0.3 is 0 Å². The second-order valence-electron chi connectivity index (χ2n) is 6.59. The van der Waals surface area contributed by atoms with Crippen molar-refractivity contribution in [1.82, 2.24) is 9.88 Å². The summed E-state index contributed by atoms with van der Waals surface area (Å²) in [6.45, 7) is 1.88. The van der Waals surface area contributed by atoms with E-state index in [4.69, 9.17) is 0 Å². The summed E-state index contributed by atoms with van der Waals surface area (Å²) in [5, 5.41) is 4.90. The highest BCUT2D eigenvalue weighted by Gasteiger charge is 2.43. The van der Waals surface area contributed by atoms with E-state index in [0.29, 0.717) is 11.4 Å². The minimum Gasteiger partial charge on any atom is -0.333 e. The number of carbonyl (C=O) groups excluding carboxylic acids is 2. The van der Waals surface area contributed by atoms with Crippen LogP contribution in [0.2, 0.25) is 0 Å². The van der Waals surface area contributed by atoms with Crippen LogP contribution in [0.25, 0.3) is 0 Å². The number of hydrogen-bond acceptors (Lipinski definition) is 4. The van der Waals surface area contributed by atoms with Gasteiger partial charge < -0.3 is 10.2 Å². The SMILES string of the molecule is Cc1cccc(NC(=O)C2c3ccccc3C(=O)N(C)C2c2cccs2)n1. The summed E-state index contributed by atoms with van der Waals surface area (Å²) in [4.78, 5) is 33.2. The Hall–Kier alpha value is -2.99. The average molecular weight is 377 g/mol. The highest BCUT2D eigenvalue weighted by Crippen LogP contribution is 2.43. The number of rotatable bonds is 3. The first-order valence-corrected chi connectivity index (χ1v) is 9.58. The van der Waals surface area contributed by atoms with Gasteiger partial charge in [-0.15, -0.1) is 11.3 Å². The van der Waals surface area contributed by atoms with Gasteiger partial charge in [0.15, 0.2) is 0 Å². The lowest BCUT2D eigenvalue weighted by atomic mass is 9.82. The normalized spacial score (nSPS) is 18.9. The molecule has 1 aromatic carbocycles. The summed E-state index contributed by atoms with van der Waals surface area (Å²) >= 11 is 1.55. The molecule has 3 heterocycles. The van der Waals surface area contributed by atoms with Gasteiger partial charge in [0.1, 0.15) is 5.82 Å². The van der Waals surface area contributed by atoms with Crippen molar-refractivity contribution in [2.45, 2.75) is 18.9 Å². The number of pyridine rings is 1. The molecule has 0 fully saturated rings. The Balaban J connectivity index is 1.79. The van der Waals surface area contributed by atoms with Crippen molar-refractivity contribution in [2.75, 3.05) is 12.4 Å². The molecule has 0 saturated heterocycles. The van der Waals surface area contributed by atoms with Crippen LogP contribution in [0, 0.1) is 6.92 Å². The van der Waals surface area contributed by atoms with E-state index in [-0.39, 0.29) is 17.9 Å². The Bertz CT molecular complexity index is 1000. The minimum atomic E-state index is -0.509. The van der Waals surface area contributed by atoms with Crippen LogP contribution >= 0.6 is 11.3 Å². The zero-order valence-corrected chi connectivity index (χ0v) is 15.9. The van der Waals surface area contributed by atoms with Crippen molar-refractivity contribution in [3.8, 4) is 0 Å². The molecule has 3 aromatic rings. The zero-order chi connectivity index (χ0) is 19.0. The Kier molecular flexibility index (Phi) is 4.49. The number of amides is 2. The fourth-order valence-corrected chi connectivity index (χ4v) is 4.49. The summed E-state index contributed by atoms with van der Waals surface area (Å²) in [5.74, 6) is -0.230. The predicted octanol–water partition coefficient (Wildman–Crippen LogP) is 4.00. The van der Waals surface area contributed by atoms with Crippen molar-refractivity contribution < 1.29 is 9.59 Å². The van der Waals surface area contributed by atoms with Crippen LogP contribution in [0.4, 0.5) is 5.82 Å². The standard InChI is InChI=1S/C21H19N3O2S/c1-13-7-5-11-17(22-13)23-20(25)18-14-8-3-4-9-15(14)21(26)24(2)19(18)16-10-6-12-27-16/h3-12,18-19H,1-2H3,(H,22,23,25). The number of aromatic nitrogens is 1. The lowest BCUT2D eigenvalue weighted by Gasteiger charge is -2.38. The molecule has 4 rings (SSSR count). The fraction of sp³-hybridized carbons (Fsp3) is 0.190. The van der Waals surface area contributed by atoms with E-state index in [0.717, 1.165) is 16.1 Å². The number of nitrogens with one attached hydrogen (secondary N) is 1. The van der Waals surface area contributed by atoms with Crippen molar-refractivity contribution in [1.29, 1.82) is 0 Å². The highest BCUT2D eigenvalue weighted by atomic mass is 32.1. The Morgan fingerprint density at radius 2 is 1.93 bits per heavy atom. The van der Waals surface area contributed by atoms with Crippen molar-refractivity contribution in [2.24, 2.45) is 0 Å². The van der Waals surface area contributed by atoms with E-state index in [9.17, 15) is 9.59 Å². The van der Waals surface area contributed by atoms with E-state index < -0.39 is 5.92 Å². The predicted molar refractivity (Wildman–Crippen MR) is 106 cm³/mol. The third-order valence-corrected chi connectivity index (χ3v) is 5.78. The molecule has 2 aromatic heterocycles. The Labute approximate surface area is 161 Å². The number of hydrogen-bond donors (Lipinski definition) is 1. The summed E-state index contributed by atoms with van der Waals surface area (Å²) in [7, 11) is 1.76. The van der Waals surface area contributed by atoms with Gasteiger partial charge in [-0.1, -0.05) is 30.3 Å². The molecule has 2 amide bonds. The van der Waals surface area contributed by atoms with Gasteiger partial charge in [0.2, 0.25) is 5.91 Å². The Morgan fingerprint density at radius 3 is 2.67 bits per heavy atom. The number of aryl methyl sites for hydroxylation is 1. The van der Waals surface area contributed by atoms with Crippen LogP contribution in [0.1, 0.15) is 38.5 Å². The molecular formula is C21H19N3O2S. The number of benzene rings is 1. The molecule has 136 valence electrons. The molecule has 5 nitrogen and oxygen atoms in total. The van der Waals surface area contributed by atoms with E-state index in [1.54, 1.807) is 35.4 Å².